The Bertz CT molecular complexity index is 524. The van der Waals surface area contributed by atoms with E-state index in [1.807, 2.05) is 4.90 Å². The van der Waals surface area contributed by atoms with Gasteiger partial charge in [0.2, 0.25) is 5.91 Å². The summed E-state index contributed by atoms with van der Waals surface area (Å²) in [5, 5.41) is 13.5. The van der Waals surface area contributed by atoms with E-state index in [4.69, 9.17) is 0 Å². The molecule has 1 aliphatic carbocycles. The quantitative estimate of drug-likeness (QED) is 0.902. The van der Waals surface area contributed by atoms with Gasteiger partial charge in [-0.05, 0) is 56.7 Å². The number of anilines is 1. The third-order valence-corrected chi connectivity index (χ3v) is 4.99. The Hall–Kier alpha value is -1.55. The van der Waals surface area contributed by atoms with E-state index in [-0.39, 0.29) is 11.8 Å². The molecule has 2 aliphatic rings. The fourth-order valence-corrected chi connectivity index (χ4v) is 3.68. The lowest BCUT2D eigenvalue weighted by Gasteiger charge is -2.35. The molecule has 1 aromatic rings. The van der Waals surface area contributed by atoms with Gasteiger partial charge in [0.25, 0.3) is 0 Å². The average molecular weight is 302 g/mol. The fraction of sp³-hybridized carbons (Fsp3) is 0.611. The Labute approximate surface area is 132 Å². The number of nitrogens with one attached hydrogen (secondary N) is 1. The van der Waals surface area contributed by atoms with Gasteiger partial charge in [0, 0.05) is 24.8 Å². The van der Waals surface area contributed by atoms with E-state index >= 15 is 0 Å². The topological polar surface area (TPSA) is 52.6 Å². The van der Waals surface area contributed by atoms with Gasteiger partial charge in [-0.25, -0.2) is 0 Å². The summed E-state index contributed by atoms with van der Waals surface area (Å²) < 4.78 is 0. The average Bonchev–Trinajstić information content (AvgIpc) is 2.93. The molecule has 2 fully saturated rings. The van der Waals surface area contributed by atoms with Crippen LogP contribution >= 0.6 is 0 Å². The van der Waals surface area contributed by atoms with Gasteiger partial charge in [-0.1, -0.05) is 12.1 Å². The molecule has 1 heterocycles. The number of rotatable bonds is 3. The zero-order valence-electron chi connectivity index (χ0n) is 13.3. The highest BCUT2D eigenvalue weighted by molar-refractivity contribution is 5.79. The summed E-state index contributed by atoms with van der Waals surface area (Å²) in [4.78, 5) is 14.4. The van der Waals surface area contributed by atoms with Crippen LogP contribution in [0.15, 0.2) is 24.3 Å². The Morgan fingerprint density at radius 2 is 2.00 bits per heavy atom. The van der Waals surface area contributed by atoms with Crippen molar-refractivity contribution in [2.45, 2.75) is 51.2 Å². The summed E-state index contributed by atoms with van der Waals surface area (Å²) >= 11 is 0. The van der Waals surface area contributed by atoms with Crippen LogP contribution in [-0.2, 0) is 4.79 Å². The first-order valence-corrected chi connectivity index (χ1v) is 8.43. The molecule has 0 aromatic heterocycles. The highest BCUT2D eigenvalue weighted by atomic mass is 16.3. The first kappa shape index (κ1) is 15.3. The van der Waals surface area contributed by atoms with Gasteiger partial charge in [0.05, 0.1) is 12.0 Å². The molecule has 2 atom stereocenters. The van der Waals surface area contributed by atoms with Crippen LogP contribution in [0.2, 0.25) is 0 Å². The van der Waals surface area contributed by atoms with Crippen molar-refractivity contribution < 1.29 is 9.90 Å². The van der Waals surface area contributed by atoms with E-state index < -0.39 is 6.10 Å². The maximum atomic E-state index is 12.5. The third-order valence-electron chi connectivity index (χ3n) is 4.99. The van der Waals surface area contributed by atoms with Crippen molar-refractivity contribution in [1.82, 2.24) is 4.90 Å². The van der Waals surface area contributed by atoms with Crippen molar-refractivity contribution in [2.75, 3.05) is 18.4 Å². The molecule has 2 unspecified atom stereocenters. The van der Waals surface area contributed by atoms with E-state index in [1.54, 1.807) is 0 Å². The van der Waals surface area contributed by atoms with Crippen LogP contribution < -0.4 is 5.32 Å². The second-order valence-corrected chi connectivity index (χ2v) is 6.72. The molecule has 22 heavy (non-hydrogen) atoms. The van der Waals surface area contributed by atoms with E-state index in [0.717, 1.165) is 50.9 Å². The van der Waals surface area contributed by atoms with Crippen LogP contribution in [0.3, 0.4) is 0 Å². The lowest BCUT2D eigenvalue weighted by atomic mass is 9.99. The largest absolute Gasteiger partial charge is 0.392 e. The third kappa shape index (κ3) is 3.43. The Kier molecular flexibility index (Phi) is 4.67. The van der Waals surface area contributed by atoms with E-state index in [9.17, 15) is 9.90 Å². The van der Waals surface area contributed by atoms with Crippen LogP contribution in [0.1, 0.15) is 37.7 Å². The smallest absolute Gasteiger partial charge is 0.228 e. The Morgan fingerprint density at radius 3 is 2.64 bits per heavy atom. The molecular formula is C18H26N2O2. The number of hydrogen-bond acceptors (Lipinski definition) is 3. The maximum absolute atomic E-state index is 12.5. The highest BCUT2D eigenvalue weighted by Gasteiger charge is 2.35. The van der Waals surface area contributed by atoms with Crippen molar-refractivity contribution in [3.8, 4) is 0 Å². The molecule has 2 N–H and O–H groups in total. The molecule has 0 radical (unpaired) electrons. The van der Waals surface area contributed by atoms with Crippen LogP contribution in [0.4, 0.5) is 5.69 Å². The molecule has 1 amide bonds. The van der Waals surface area contributed by atoms with Crippen molar-refractivity contribution in [1.29, 1.82) is 0 Å². The van der Waals surface area contributed by atoms with E-state index in [1.165, 1.54) is 5.56 Å². The summed E-state index contributed by atoms with van der Waals surface area (Å²) in [6, 6.07) is 8.85. The Balaban J connectivity index is 1.51. The van der Waals surface area contributed by atoms with Crippen LogP contribution in [0.5, 0.6) is 0 Å². The minimum atomic E-state index is -0.421. The fourth-order valence-electron chi connectivity index (χ4n) is 3.68. The minimum absolute atomic E-state index is 0.152. The first-order valence-electron chi connectivity index (χ1n) is 8.43. The van der Waals surface area contributed by atoms with Gasteiger partial charge in [-0.2, -0.15) is 0 Å². The molecule has 1 aliphatic heterocycles. The van der Waals surface area contributed by atoms with Crippen molar-refractivity contribution >= 4 is 11.6 Å². The number of amides is 1. The highest BCUT2D eigenvalue weighted by Crippen LogP contribution is 2.28. The number of likely N-dealkylation sites (tertiary alicyclic amines) is 1. The lowest BCUT2D eigenvalue weighted by molar-refractivity contribution is -0.139. The molecule has 120 valence electrons. The van der Waals surface area contributed by atoms with Crippen molar-refractivity contribution in [3.05, 3.63) is 29.8 Å². The van der Waals surface area contributed by atoms with Gasteiger partial charge in [-0.15, -0.1) is 0 Å². The minimum Gasteiger partial charge on any atom is -0.392 e. The predicted octanol–water partition coefficient (Wildman–Crippen LogP) is 2.56. The number of aliphatic hydroxyl groups is 1. The van der Waals surface area contributed by atoms with Gasteiger partial charge >= 0.3 is 0 Å². The standard InChI is InChI=1S/C18H26N2O2/c1-13-4-2-5-15(12-13)19-14-8-10-20(11-9-14)18(22)16-6-3-7-17(16)21/h2,4-5,12,14,16-17,19,21H,3,6-11H2,1H3. The number of piperidine rings is 1. The summed E-state index contributed by atoms with van der Waals surface area (Å²) in [5.74, 6) is 0.0142. The zero-order valence-corrected chi connectivity index (χ0v) is 13.3. The van der Waals surface area contributed by atoms with Crippen LogP contribution in [0.25, 0.3) is 0 Å². The Morgan fingerprint density at radius 1 is 1.23 bits per heavy atom. The number of hydrogen-bond donors (Lipinski definition) is 2. The lowest BCUT2D eigenvalue weighted by Crippen LogP contribution is -2.46. The predicted molar refractivity (Wildman–Crippen MR) is 87.8 cm³/mol. The molecule has 0 bridgehead atoms. The van der Waals surface area contributed by atoms with Crippen LogP contribution in [-0.4, -0.2) is 41.1 Å². The molecule has 1 aromatic carbocycles. The van der Waals surface area contributed by atoms with E-state index in [2.05, 4.69) is 36.5 Å². The van der Waals surface area contributed by atoms with Gasteiger partial charge < -0.3 is 15.3 Å². The number of aryl methyl sites for hydroxylation is 1. The number of nitrogens with zero attached hydrogens (tertiary/aromatic N) is 1. The monoisotopic (exact) mass is 302 g/mol. The van der Waals surface area contributed by atoms with Crippen molar-refractivity contribution in [3.63, 3.8) is 0 Å². The zero-order chi connectivity index (χ0) is 15.5. The number of carbonyl (C=O) groups is 1. The summed E-state index contributed by atoms with van der Waals surface area (Å²) in [7, 11) is 0. The maximum Gasteiger partial charge on any atom is 0.228 e. The van der Waals surface area contributed by atoms with E-state index in [0.29, 0.717) is 6.04 Å². The molecule has 1 saturated heterocycles. The summed E-state index contributed by atoms with van der Waals surface area (Å²) in [6.45, 7) is 3.69. The number of aliphatic hydroxyl groups excluding tert-OH is 1. The van der Waals surface area contributed by atoms with Crippen molar-refractivity contribution in [2.24, 2.45) is 5.92 Å². The SMILES string of the molecule is Cc1cccc(NC2CCN(C(=O)C3CCCC3O)CC2)c1. The molecular weight excluding hydrogens is 276 g/mol. The summed E-state index contributed by atoms with van der Waals surface area (Å²) in [5.41, 5.74) is 2.42. The van der Waals surface area contributed by atoms with Crippen LogP contribution in [0, 0.1) is 12.8 Å². The first-order chi connectivity index (χ1) is 10.6. The second kappa shape index (κ2) is 6.69. The number of benzene rings is 1. The van der Waals surface area contributed by atoms with Gasteiger partial charge in [0.1, 0.15) is 0 Å². The normalized spacial score (nSPS) is 26.2. The molecule has 1 saturated carbocycles. The van der Waals surface area contributed by atoms with Gasteiger partial charge in [0.15, 0.2) is 0 Å². The summed E-state index contributed by atoms with van der Waals surface area (Å²) in [6.07, 6.45) is 4.13. The molecule has 3 rings (SSSR count). The van der Waals surface area contributed by atoms with Gasteiger partial charge in [-0.3, -0.25) is 4.79 Å². The molecule has 4 heteroatoms. The molecule has 0 spiro atoms. The number of carbonyl (C=O) groups excluding carboxylic acids is 1. The molecule has 4 nitrogen and oxygen atoms in total. The second-order valence-electron chi connectivity index (χ2n) is 6.72.